The Morgan fingerprint density at radius 2 is 1.75 bits per heavy atom. The number of nitrogens with one attached hydrogen (secondary N) is 2. The molecular formula is C28H29N5O2S. The molecule has 8 heteroatoms. The number of anilines is 1. The van der Waals surface area contributed by atoms with E-state index in [1.165, 1.54) is 43.9 Å². The van der Waals surface area contributed by atoms with E-state index in [-0.39, 0.29) is 17.6 Å². The molecule has 184 valence electrons. The highest BCUT2D eigenvalue weighted by Crippen LogP contribution is 2.25. The quantitative estimate of drug-likeness (QED) is 0.314. The van der Waals surface area contributed by atoms with Crippen molar-refractivity contribution in [2.45, 2.75) is 37.0 Å². The summed E-state index contributed by atoms with van der Waals surface area (Å²) < 4.78 is 1.91. The fraction of sp³-hybridized carbons (Fsp3) is 0.286. The van der Waals surface area contributed by atoms with E-state index in [1.54, 1.807) is 18.6 Å². The lowest BCUT2D eigenvalue weighted by atomic mass is 9.89. The molecule has 36 heavy (non-hydrogen) atoms. The average molecular weight is 500 g/mol. The Bertz CT molecular complexity index is 1350. The van der Waals surface area contributed by atoms with E-state index >= 15 is 0 Å². The molecule has 0 spiro atoms. The summed E-state index contributed by atoms with van der Waals surface area (Å²) in [4.78, 5) is 35.1. The number of para-hydroxylation sites is 2. The molecule has 4 aromatic rings. The molecule has 7 nitrogen and oxygen atoms in total. The monoisotopic (exact) mass is 499 g/mol. The number of imidazole rings is 1. The minimum absolute atomic E-state index is 0.00704. The van der Waals surface area contributed by atoms with Gasteiger partial charge in [-0.15, -0.1) is 11.8 Å². The Labute approximate surface area is 214 Å². The number of nitrogens with zero attached hydrogens (tertiary/aromatic N) is 3. The molecule has 0 radical (unpaired) electrons. The minimum atomic E-state index is -0.233. The van der Waals surface area contributed by atoms with E-state index in [4.69, 9.17) is 0 Å². The molecule has 2 N–H and O–H groups in total. The molecule has 2 aromatic carbocycles. The molecule has 2 aromatic heterocycles. The summed E-state index contributed by atoms with van der Waals surface area (Å²) in [6, 6.07) is 18.9. The van der Waals surface area contributed by atoms with E-state index in [1.807, 2.05) is 59.2 Å². The maximum atomic E-state index is 13.0. The van der Waals surface area contributed by atoms with Crippen LogP contribution in [0.15, 0.2) is 78.1 Å². The van der Waals surface area contributed by atoms with Crippen LogP contribution in [0, 0.1) is 5.92 Å². The smallest absolute Gasteiger partial charge is 0.256 e. The first-order valence-electron chi connectivity index (χ1n) is 12.4. The van der Waals surface area contributed by atoms with Crippen LogP contribution in [-0.2, 0) is 4.79 Å². The summed E-state index contributed by atoms with van der Waals surface area (Å²) in [6.07, 6.45) is 9.60. The lowest BCUT2D eigenvalue weighted by Gasteiger charge is -2.21. The van der Waals surface area contributed by atoms with Crippen molar-refractivity contribution >= 4 is 40.3 Å². The molecule has 0 saturated heterocycles. The highest BCUT2D eigenvalue weighted by atomic mass is 32.2. The summed E-state index contributed by atoms with van der Waals surface area (Å²) >= 11 is 1.38. The van der Waals surface area contributed by atoms with Crippen LogP contribution in [0.2, 0.25) is 0 Å². The Balaban J connectivity index is 1.19. The normalized spacial score (nSPS) is 14.0. The van der Waals surface area contributed by atoms with Gasteiger partial charge in [-0.2, -0.15) is 0 Å². The highest BCUT2D eigenvalue weighted by Gasteiger charge is 2.16. The van der Waals surface area contributed by atoms with Gasteiger partial charge < -0.3 is 10.6 Å². The summed E-state index contributed by atoms with van der Waals surface area (Å²) in [6.45, 7) is 0.749. The highest BCUT2D eigenvalue weighted by molar-refractivity contribution is 8.00. The van der Waals surface area contributed by atoms with Crippen LogP contribution < -0.4 is 10.6 Å². The predicted octanol–water partition coefficient (Wildman–Crippen LogP) is 5.46. The van der Waals surface area contributed by atoms with E-state index in [2.05, 4.69) is 20.6 Å². The summed E-state index contributed by atoms with van der Waals surface area (Å²) in [5.41, 5.74) is 2.99. The molecular weight excluding hydrogens is 470 g/mol. The number of hydrogen-bond donors (Lipinski definition) is 2. The maximum Gasteiger partial charge on any atom is 0.256 e. The molecule has 1 aliphatic rings. The van der Waals surface area contributed by atoms with Crippen molar-refractivity contribution in [1.82, 2.24) is 19.9 Å². The van der Waals surface area contributed by atoms with Gasteiger partial charge >= 0.3 is 0 Å². The van der Waals surface area contributed by atoms with E-state index in [9.17, 15) is 9.59 Å². The second-order valence-corrected chi connectivity index (χ2v) is 10.1. The fourth-order valence-corrected chi connectivity index (χ4v) is 5.45. The number of benzene rings is 2. The molecule has 2 amide bonds. The first kappa shape index (κ1) is 24.1. The van der Waals surface area contributed by atoms with Crippen LogP contribution in [0.5, 0.6) is 0 Å². The lowest BCUT2D eigenvalue weighted by Crippen LogP contribution is -2.31. The summed E-state index contributed by atoms with van der Waals surface area (Å²) in [5, 5.41) is 5.99. The molecule has 5 rings (SSSR count). The second kappa shape index (κ2) is 11.4. The first-order chi connectivity index (χ1) is 17.7. The second-order valence-electron chi connectivity index (χ2n) is 9.06. The Morgan fingerprint density at radius 1 is 0.944 bits per heavy atom. The SMILES string of the molecule is O=C(CSc1ccccc1C(=O)Nc1ccc(-n2cnc3ccccc32)nc1)NCC1CCCCC1. The Kier molecular flexibility index (Phi) is 7.61. The topological polar surface area (TPSA) is 88.9 Å². The number of amides is 2. The van der Waals surface area contributed by atoms with Crippen LogP contribution >= 0.6 is 11.8 Å². The van der Waals surface area contributed by atoms with Gasteiger partial charge in [0.25, 0.3) is 5.91 Å². The molecule has 0 aliphatic heterocycles. The van der Waals surface area contributed by atoms with E-state index in [0.717, 1.165) is 28.3 Å². The molecule has 1 aliphatic carbocycles. The average Bonchev–Trinajstić information content (AvgIpc) is 3.36. The number of carbonyl (C=O) groups excluding carboxylic acids is 2. The Morgan fingerprint density at radius 3 is 2.58 bits per heavy atom. The van der Waals surface area contributed by atoms with Crippen LogP contribution in [0.3, 0.4) is 0 Å². The largest absolute Gasteiger partial charge is 0.355 e. The number of hydrogen-bond acceptors (Lipinski definition) is 5. The van der Waals surface area contributed by atoms with Crippen molar-refractivity contribution in [2.24, 2.45) is 5.92 Å². The van der Waals surface area contributed by atoms with Gasteiger partial charge in [-0.3, -0.25) is 14.2 Å². The van der Waals surface area contributed by atoms with Gasteiger partial charge in [-0.05, 0) is 55.2 Å². The van der Waals surface area contributed by atoms with Gasteiger partial charge in [0.2, 0.25) is 5.91 Å². The molecule has 1 fully saturated rings. The molecule has 1 saturated carbocycles. The Hall–Kier alpha value is -3.65. The molecule has 2 heterocycles. The number of thioether (sulfide) groups is 1. The van der Waals surface area contributed by atoms with Crippen molar-refractivity contribution in [1.29, 1.82) is 0 Å². The van der Waals surface area contributed by atoms with Crippen LogP contribution in [0.1, 0.15) is 42.5 Å². The number of carbonyl (C=O) groups is 2. The summed E-state index contributed by atoms with van der Waals surface area (Å²) in [7, 11) is 0. The summed E-state index contributed by atoms with van der Waals surface area (Å²) in [5.74, 6) is 1.37. The third kappa shape index (κ3) is 5.76. The maximum absolute atomic E-state index is 13.0. The van der Waals surface area contributed by atoms with Crippen LogP contribution in [-0.4, -0.2) is 38.6 Å². The first-order valence-corrected chi connectivity index (χ1v) is 13.3. The minimum Gasteiger partial charge on any atom is -0.355 e. The van der Waals surface area contributed by atoms with Gasteiger partial charge in [-0.1, -0.05) is 43.5 Å². The standard InChI is InChI=1S/C28H29N5O2S/c34-27(30-16-20-8-2-1-3-9-20)18-36-25-13-7-4-10-22(25)28(35)32-21-14-15-26(29-17-21)33-19-31-23-11-5-6-12-24(23)33/h4-7,10-15,17,19-20H,1-3,8-9,16,18H2,(H,30,34)(H,32,35). The zero-order valence-electron chi connectivity index (χ0n) is 20.0. The third-order valence-electron chi connectivity index (χ3n) is 6.51. The van der Waals surface area contributed by atoms with Gasteiger partial charge in [-0.25, -0.2) is 9.97 Å². The third-order valence-corrected chi connectivity index (χ3v) is 7.58. The molecule has 0 unspecified atom stereocenters. The van der Waals surface area contributed by atoms with Crippen molar-refractivity contribution < 1.29 is 9.59 Å². The van der Waals surface area contributed by atoms with Crippen molar-refractivity contribution in [3.63, 3.8) is 0 Å². The zero-order chi connectivity index (χ0) is 24.7. The van der Waals surface area contributed by atoms with Gasteiger partial charge in [0.15, 0.2) is 0 Å². The predicted molar refractivity (Wildman–Crippen MR) is 144 cm³/mol. The fourth-order valence-electron chi connectivity index (χ4n) is 4.57. The van der Waals surface area contributed by atoms with Crippen LogP contribution in [0.4, 0.5) is 5.69 Å². The molecule has 0 bridgehead atoms. The molecule has 0 atom stereocenters. The number of rotatable bonds is 8. The van der Waals surface area contributed by atoms with Gasteiger partial charge in [0.05, 0.1) is 34.2 Å². The number of pyridine rings is 1. The van der Waals surface area contributed by atoms with Crippen LogP contribution in [0.25, 0.3) is 16.9 Å². The lowest BCUT2D eigenvalue weighted by molar-refractivity contribution is -0.118. The number of aromatic nitrogens is 3. The van der Waals surface area contributed by atoms with E-state index in [0.29, 0.717) is 17.2 Å². The van der Waals surface area contributed by atoms with Crippen molar-refractivity contribution in [3.05, 3.63) is 78.8 Å². The number of fused-ring (bicyclic) bond motifs is 1. The van der Waals surface area contributed by atoms with Crippen molar-refractivity contribution in [2.75, 3.05) is 17.6 Å². The zero-order valence-corrected chi connectivity index (χ0v) is 20.8. The van der Waals surface area contributed by atoms with Crippen molar-refractivity contribution in [3.8, 4) is 5.82 Å². The van der Waals surface area contributed by atoms with Gasteiger partial charge in [0, 0.05) is 11.4 Å². The van der Waals surface area contributed by atoms with Gasteiger partial charge in [0.1, 0.15) is 12.1 Å². The van der Waals surface area contributed by atoms with E-state index < -0.39 is 0 Å².